The van der Waals surface area contributed by atoms with E-state index in [0.717, 1.165) is 16.6 Å². The van der Waals surface area contributed by atoms with Crippen molar-refractivity contribution in [3.8, 4) is 5.75 Å². The Morgan fingerprint density at radius 1 is 1.16 bits per heavy atom. The summed E-state index contributed by atoms with van der Waals surface area (Å²) < 4.78 is 70.4. The number of rotatable bonds is 4. The summed E-state index contributed by atoms with van der Waals surface area (Å²) in [4.78, 5) is 42.3. The second-order valence-electron chi connectivity index (χ2n) is 12.3. The molecule has 0 bridgehead atoms. The normalized spacial score (nSPS) is 30.0. The lowest BCUT2D eigenvalue weighted by Crippen LogP contribution is -2.63. The summed E-state index contributed by atoms with van der Waals surface area (Å²) in [5.74, 6) is -9.64. The van der Waals surface area contributed by atoms with Gasteiger partial charge in [-0.1, -0.05) is 0 Å². The maximum absolute atomic E-state index is 14.9. The molecular formula is C28H33F3N4O9S. The number of halogens is 3. The number of ketones is 2. The number of allylic oxidation sites excluding steroid dienone is 1. The fourth-order valence-corrected chi connectivity index (χ4v) is 8.26. The molecule has 1 aromatic rings. The van der Waals surface area contributed by atoms with Crippen molar-refractivity contribution in [1.29, 1.82) is 0 Å². The molecule has 0 radical (unpaired) electrons. The van der Waals surface area contributed by atoms with E-state index in [4.69, 9.17) is 5.73 Å². The molecule has 0 aromatic heterocycles. The third-order valence-corrected chi connectivity index (χ3v) is 10.7. The number of fused-ring (bicyclic) bond motifs is 3. The van der Waals surface area contributed by atoms with Gasteiger partial charge in [0, 0.05) is 37.2 Å². The van der Waals surface area contributed by atoms with E-state index in [1.165, 1.54) is 30.9 Å². The van der Waals surface area contributed by atoms with Crippen LogP contribution < -0.4 is 5.73 Å². The van der Waals surface area contributed by atoms with Crippen LogP contribution in [0.5, 0.6) is 5.75 Å². The molecule has 1 aromatic carbocycles. The number of aliphatic hydroxyl groups is 3. The first-order valence-corrected chi connectivity index (χ1v) is 15.7. The van der Waals surface area contributed by atoms with Crippen molar-refractivity contribution in [2.24, 2.45) is 17.6 Å². The number of likely N-dealkylation sites (N-methyl/N-ethyl adjacent to an activating group) is 2. The Balaban J connectivity index is 1.73. The van der Waals surface area contributed by atoms with Gasteiger partial charge in [0.2, 0.25) is 15.8 Å². The zero-order valence-electron chi connectivity index (χ0n) is 24.7. The van der Waals surface area contributed by atoms with E-state index in [1.54, 1.807) is 0 Å². The number of nitrogens with two attached hydrogens (primary N) is 1. The van der Waals surface area contributed by atoms with Crippen LogP contribution in [0.4, 0.5) is 13.2 Å². The number of piperazine rings is 1. The van der Waals surface area contributed by atoms with Gasteiger partial charge in [0.1, 0.15) is 22.8 Å². The van der Waals surface area contributed by atoms with Crippen molar-refractivity contribution in [3.05, 3.63) is 51.0 Å². The lowest BCUT2D eigenvalue weighted by Gasteiger charge is -2.50. The molecule has 5 rings (SSSR count). The lowest BCUT2D eigenvalue weighted by molar-refractivity contribution is -0.148. The number of nitrogens with zero attached hydrogens (tertiary/aromatic N) is 3. The monoisotopic (exact) mass is 658 g/mol. The van der Waals surface area contributed by atoms with Crippen LogP contribution in [0.3, 0.4) is 0 Å². The molecule has 1 saturated heterocycles. The number of Topliss-reactive ketones (excluding diaryl/α,β-unsaturated/α-hetero) is 2. The fraction of sp³-hybridized carbons (Fsp3) is 0.536. The van der Waals surface area contributed by atoms with Crippen molar-refractivity contribution in [2.45, 2.75) is 36.7 Å². The van der Waals surface area contributed by atoms with Gasteiger partial charge in [-0.3, -0.25) is 24.2 Å². The molecule has 0 saturated carbocycles. The first-order valence-electron chi connectivity index (χ1n) is 13.9. The van der Waals surface area contributed by atoms with Crippen molar-refractivity contribution in [3.63, 3.8) is 0 Å². The Kier molecular flexibility index (Phi) is 7.68. The molecule has 4 aliphatic rings. The maximum Gasteiger partial charge on any atom is 0.417 e. The topological polar surface area (TPSA) is 202 Å². The molecule has 5 atom stereocenters. The molecule has 246 valence electrons. The van der Waals surface area contributed by atoms with Gasteiger partial charge in [-0.2, -0.15) is 17.5 Å². The zero-order chi connectivity index (χ0) is 33.7. The first kappa shape index (κ1) is 32.9. The summed E-state index contributed by atoms with van der Waals surface area (Å²) in [6, 6.07) is -1.71. The van der Waals surface area contributed by atoms with Crippen molar-refractivity contribution in [1.82, 2.24) is 14.1 Å². The van der Waals surface area contributed by atoms with Gasteiger partial charge >= 0.3 is 6.18 Å². The van der Waals surface area contributed by atoms with Gasteiger partial charge in [-0.05, 0) is 57.1 Å². The van der Waals surface area contributed by atoms with Crippen molar-refractivity contribution in [2.75, 3.05) is 47.0 Å². The minimum absolute atomic E-state index is 0.0346. The molecule has 1 amide bonds. The number of alkyl halides is 3. The molecule has 45 heavy (non-hydrogen) atoms. The third-order valence-electron chi connectivity index (χ3n) is 9.48. The number of hydrogen-bond donors (Lipinski definition) is 5. The van der Waals surface area contributed by atoms with Crippen molar-refractivity contribution >= 4 is 27.5 Å². The lowest BCUT2D eigenvalue weighted by atomic mass is 9.58. The minimum atomic E-state index is -5.08. The summed E-state index contributed by atoms with van der Waals surface area (Å²) in [6.45, 7) is -0.234. The molecule has 1 heterocycles. The number of phenolic OH excluding ortho intramolecular Hbond substituents is 1. The summed E-state index contributed by atoms with van der Waals surface area (Å²) in [7, 11) is 0.592. The van der Waals surface area contributed by atoms with E-state index >= 15 is 0 Å². The Bertz CT molecular complexity index is 1700. The van der Waals surface area contributed by atoms with Crippen LogP contribution in [0.2, 0.25) is 0 Å². The number of hydrogen-bond acceptors (Lipinski definition) is 11. The van der Waals surface area contributed by atoms with Crippen LogP contribution in [0.15, 0.2) is 28.7 Å². The molecule has 1 fully saturated rings. The largest absolute Gasteiger partial charge is 0.510 e. The predicted molar refractivity (Wildman–Crippen MR) is 150 cm³/mol. The average molecular weight is 659 g/mol. The smallest absolute Gasteiger partial charge is 0.417 e. The fourth-order valence-electron chi connectivity index (χ4n) is 7.44. The van der Waals surface area contributed by atoms with Gasteiger partial charge in [-0.15, -0.1) is 0 Å². The second kappa shape index (κ2) is 10.5. The Morgan fingerprint density at radius 2 is 1.78 bits per heavy atom. The number of benzene rings is 1. The number of sulfonamides is 1. The Labute approximate surface area is 256 Å². The molecule has 6 N–H and O–H groups in total. The Hall–Kier alpha value is -3.51. The maximum atomic E-state index is 14.9. The summed E-state index contributed by atoms with van der Waals surface area (Å²) in [6.07, 6.45) is -5.11. The molecule has 13 nitrogen and oxygen atoms in total. The van der Waals surface area contributed by atoms with E-state index < -0.39 is 120 Å². The molecule has 1 unspecified atom stereocenters. The van der Waals surface area contributed by atoms with Gasteiger partial charge in [0.25, 0.3) is 5.91 Å². The zero-order valence-corrected chi connectivity index (χ0v) is 25.5. The highest BCUT2D eigenvalue weighted by atomic mass is 32.2. The number of aromatic hydroxyl groups is 1. The third kappa shape index (κ3) is 4.83. The highest BCUT2D eigenvalue weighted by Gasteiger charge is 2.63. The predicted octanol–water partition coefficient (Wildman–Crippen LogP) is 0.388. The molecular weight excluding hydrogens is 625 g/mol. The number of carbonyl (C=O) groups is 3. The molecule has 1 aliphatic heterocycles. The van der Waals surface area contributed by atoms with Gasteiger partial charge in [-0.25, -0.2) is 8.42 Å². The van der Waals surface area contributed by atoms with Gasteiger partial charge in [0.05, 0.1) is 23.4 Å². The number of primary amides is 1. The number of phenols is 1. The SMILES string of the molecule is CN1CCN(S(C)(=O)=O)CC1c1cc(O)c2c(c1C(F)(F)F)C[C@H]1C[C@H]3[C@H](N(C)C)C(O)=C(C(N)=O)C(=O)[C@@]3(O)C(O)=C1C2=O. The van der Waals surface area contributed by atoms with E-state index in [9.17, 15) is 56.4 Å². The summed E-state index contributed by atoms with van der Waals surface area (Å²) >= 11 is 0. The summed E-state index contributed by atoms with van der Waals surface area (Å²) in [5.41, 5.74) is -2.29. The molecule has 17 heteroatoms. The van der Waals surface area contributed by atoms with Crippen LogP contribution in [0.25, 0.3) is 0 Å². The number of carbonyl (C=O) groups excluding carboxylic acids is 3. The number of amides is 1. The first-order chi connectivity index (χ1) is 20.6. The van der Waals surface area contributed by atoms with Crippen molar-refractivity contribution < 1.29 is 56.4 Å². The van der Waals surface area contributed by atoms with E-state index in [2.05, 4.69) is 0 Å². The van der Waals surface area contributed by atoms with Crippen LogP contribution in [-0.4, -0.2) is 119 Å². The standard InChI is InChI=1S/C28H33F3N4O9S/c1-33(2)21-14-8-11-7-13-18(22(37)17(11)24(39)27(14,42)25(40)19(23(21)38)26(32)41)16(36)9-12(20(13)28(29,30)31)15-10-35(45(4,43)44)6-5-34(15)3/h9,11,14-15,21,36,38-39,42H,5-8,10H2,1-4H3,(H2,32,41)/t11-,14-,15?,21-,27-/m0/s1. The Morgan fingerprint density at radius 3 is 2.31 bits per heavy atom. The highest BCUT2D eigenvalue weighted by molar-refractivity contribution is 7.88. The minimum Gasteiger partial charge on any atom is -0.510 e. The molecule has 0 spiro atoms. The highest BCUT2D eigenvalue weighted by Crippen LogP contribution is 2.54. The summed E-state index contributed by atoms with van der Waals surface area (Å²) in [5, 5.41) is 45.0. The second-order valence-corrected chi connectivity index (χ2v) is 14.3. The van der Waals surface area contributed by atoms with Crippen LogP contribution >= 0.6 is 0 Å². The van der Waals surface area contributed by atoms with Gasteiger partial charge in [0.15, 0.2) is 11.4 Å². The van der Waals surface area contributed by atoms with Crippen LogP contribution in [0, 0.1) is 11.8 Å². The number of aliphatic hydroxyl groups excluding tert-OH is 2. The van der Waals surface area contributed by atoms with E-state index in [0.29, 0.717) is 0 Å². The molecule has 3 aliphatic carbocycles. The average Bonchev–Trinajstić information content (AvgIpc) is 2.88. The quantitative estimate of drug-likeness (QED) is 0.280. The van der Waals surface area contributed by atoms with Crippen LogP contribution in [-0.2, 0) is 32.2 Å². The van der Waals surface area contributed by atoms with Gasteiger partial charge < -0.3 is 26.2 Å². The van der Waals surface area contributed by atoms with E-state index in [1.807, 2.05) is 0 Å². The van der Waals surface area contributed by atoms with E-state index in [-0.39, 0.29) is 26.1 Å². The van der Waals surface area contributed by atoms with Crippen LogP contribution in [0.1, 0.15) is 39.5 Å².